The van der Waals surface area contributed by atoms with Crippen molar-refractivity contribution in [3.8, 4) is 0 Å². The molecule has 0 aliphatic carbocycles. The molecule has 2 heterocycles. The molecular weight excluding hydrogens is 451 g/mol. The van der Waals surface area contributed by atoms with E-state index in [-0.39, 0.29) is 16.7 Å². The molecule has 0 unspecified atom stereocenters. The molecule has 0 spiro atoms. The van der Waals surface area contributed by atoms with E-state index in [1.165, 1.54) is 0 Å². The van der Waals surface area contributed by atoms with Crippen molar-refractivity contribution in [3.05, 3.63) is 32.9 Å². The van der Waals surface area contributed by atoms with Gasteiger partial charge in [0.15, 0.2) is 22.9 Å². The van der Waals surface area contributed by atoms with Crippen molar-refractivity contribution in [2.24, 2.45) is 0 Å². The molecule has 0 amide bonds. The molecule has 8 nitrogen and oxygen atoms in total. The summed E-state index contributed by atoms with van der Waals surface area (Å²) >= 11 is 0. The molecule has 0 bridgehead atoms. The summed E-state index contributed by atoms with van der Waals surface area (Å²) in [6.07, 6.45) is -3.10. The highest BCUT2D eigenvalue weighted by Crippen LogP contribution is 2.42. The maximum atomic E-state index is 14.0. The number of hydrogen-bond acceptors (Lipinski definition) is 6. The normalized spacial score (nSPS) is 25.4. The van der Waals surface area contributed by atoms with Crippen molar-refractivity contribution in [2.75, 3.05) is 6.61 Å². The number of aromatic nitrogens is 2. The van der Waals surface area contributed by atoms with Crippen molar-refractivity contribution in [3.63, 3.8) is 0 Å². The van der Waals surface area contributed by atoms with E-state index < -0.39 is 58.2 Å². The van der Waals surface area contributed by atoms with Gasteiger partial charge in [-0.15, -0.1) is 0 Å². The third kappa shape index (κ3) is 5.50. The summed E-state index contributed by atoms with van der Waals surface area (Å²) in [4.78, 5) is 25.9. The fourth-order valence-corrected chi connectivity index (χ4v) is 5.18. The van der Waals surface area contributed by atoms with Crippen LogP contribution in [0, 0.1) is 5.82 Å². The standard InChI is InChI=1S/C21H39FN2O6Si2/c1-20(2,3)31(7,8)28-12-14-15(25)16(30-32(9,10)21(4,5)6)18(29-14)24-11-13(22)17(26)23-19(24)27/h11,14-16,18,25H,12H2,1-10H3,(H,23,26,27)/t14-,15-,16-,18-/m1/s1. The molecule has 1 aromatic heterocycles. The monoisotopic (exact) mass is 490 g/mol. The number of rotatable bonds is 6. The molecule has 2 rings (SSSR count). The molecule has 32 heavy (non-hydrogen) atoms. The third-order valence-corrected chi connectivity index (χ3v) is 16.1. The number of aliphatic hydroxyl groups excluding tert-OH is 1. The van der Waals surface area contributed by atoms with Crippen LogP contribution < -0.4 is 11.2 Å². The molecule has 1 saturated heterocycles. The molecule has 0 aromatic carbocycles. The predicted octanol–water partition coefficient (Wildman–Crippen LogP) is 3.35. The van der Waals surface area contributed by atoms with Crippen LogP contribution in [0.15, 0.2) is 15.8 Å². The number of aromatic amines is 1. The van der Waals surface area contributed by atoms with E-state index in [0.29, 0.717) is 0 Å². The molecule has 2 N–H and O–H groups in total. The smallest absolute Gasteiger partial charge is 0.330 e. The Bertz CT molecular complexity index is 932. The average Bonchev–Trinajstić information content (AvgIpc) is 2.90. The van der Waals surface area contributed by atoms with Crippen LogP contribution in [0.1, 0.15) is 47.8 Å². The van der Waals surface area contributed by atoms with Crippen LogP contribution in [-0.2, 0) is 13.6 Å². The van der Waals surface area contributed by atoms with Gasteiger partial charge in [0.1, 0.15) is 18.3 Å². The molecule has 1 aliphatic rings. The molecule has 1 aromatic rings. The van der Waals surface area contributed by atoms with Gasteiger partial charge in [-0.1, -0.05) is 41.5 Å². The Morgan fingerprint density at radius 3 is 2.12 bits per heavy atom. The van der Waals surface area contributed by atoms with E-state index in [1.54, 1.807) is 0 Å². The van der Waals surface area contributed by atoms with Crippen molar-refractivity contribution in [1.82, 2.24) is 9.55 Å². The summed E-state index contributed by atoms with van der Waals surface area (Å²) in [5.74, 6) is -1.12. The largest absolute Gasteiger partial charge is 0.414 e. The predicted molar refractivity (Wildman–Crippen MR) is 126 cm³/mol. The summed E-state index contributed by atoms with van der Waals surface area (Å²) in [6, 6.07) is 0. The average molecular weight is 491 g/mol. The molecule has 11 heteroatoms. The van der Waals surface area contributed by atoms with Crippen LogP contribution in [0.4, 0.5) is 4.39 Å². The Balaban J connectivity index is 2.42. The highest BCUT2D eigenvalue weighted by Gasteiger charge is 2.51. The Morgan fingerprint density at radius 2 is 1.62 bits per heavy atom. The molecule has 1 fully saturated rings. The van der Waals surface area contributed by atoms with Gasteiger partial charge < -0.3 is 18.7 Å². The minimum atomic E-state index is -2.40. The summed E-state index contributed by atoms with van der Waals surface area (Å²) < 4.78 is 33.7. The maximum Gasteiger partial charge on any atom is 0.330 e. The van der Waals surface area contributed by atoms with Gasteiger partial charge in [-0.2, -0.15) is 4.39 Å². The summed E-state index contributed by atoms with van der Waals surface area (Å²) in [5.41, 5.74) is -1.94. The number of nitrogens with zero attached hydrogens (tertiary/aromatic N) is 1. The van der Waals surface area contributed by atoms with Gasteiger partial charge in [-0.3, -0.25) is 14.3 Å². The zero-order valence-electron chi connectivity index (χ0n) is 20.9. The van der Waals surface area contributed by atoms with Gasteiger partial charge in [-0.25, -0.2) is 4.79 Å². The second-order valence-electron chi connectivity index (χ2n) is 11.6. The molecule has 4 atom stereocenters. The van der Waals surface area contributed by atoms with E-state index in [2.05, 4.69) is 54.6 Å². The highest BCUT2D eigenvalue weighted by molar-refractivity contribution is 6.74. The quantitative estimate of drug-likeness (QED) is 0.593. The van der Waals surface area contributed by atoms with E-state index in [0.717, 1.165) is 10.8 Å². The van der Waals surface area contributed by atoms with Gasteiger partial charge in [0, 0.05) is 0 Å². The fourth-order valence-electron chi connectivity index (χ4n) is 2.88. The van der Waals surface area contributed by atoms with E-state index in [9.17, 15) is 19.1 Å². The van der Waals surface area contributed by atoms with Crippen molar-refractivity contribution >= 4 is 16.6 Å². The Morgan fingerprint density at radius 1 is 1.09 bits per heavy atom. The minimum Gasteiger partial charge on any atom is -0.414 e. The third-order valence-electron chi connectivity index (χ3n) is 7.16. The van der Waals surface area contributed by atoms with Gasteiger partial charge in [0.25, 0.3) is 5.56 Å². The van der Waals surface area contributed by atoms with Crippen LogP contribution in [0.5, 0.6) is 0 Å². The van der Waals surface area contributed by atoms with E-state index >= 15 is 0 Å². The molecule has 0 saturated carbocycles. The topological polar surface area (TPSA) is 103 Å². The number of H-pyrrole nitrogens is 1. The van der Waals surface area contributed by atoms with E-state index in [4.69, 9.17) is 13.6 Å². The van der Waals surface area contributed by atoms with Crippen LogP contribution in [0.2, 0.25) is 36.3 Å². The van der Waals surface area contributed by atoms with Crippen LogP contribution >= 0.6 is 0 Å². The van der Waals surface area contributed by atoms with Crippen LogP contribution in [0.3, 0.4) is 0 Å². The number of hydrogen-bond donors (Lipinski definition) is 2. The number of ether oxygens (including phenoxy) is 1. The lowest BCUT2D eigenvalue weighted by Gasteiger charge is -2.40. The molecule has 0 radical (unpaired) electrons. The summed E-state index contributed by atoms with van der Waals surface area (Å²) in [6.45, 7) is 20.8. The van der Waals surface area contributed by atoms with Crippen LogP contribution in [-0.4, -0.2) is 56.2 Å². The zero-order valence-corrected chi connectivity index (χ0v) is 22.9. The summed E-state index contributed by atoms with van der Waals surface area (Å²) in [7, 11) is -4.53. The van der Waals surface area contributed by atoms with Crippen molar-refractivity contribution < 1.29 is 23.1 Å². The minimum absolute atomic E-state index is 0.0357. The lowest BCUT2D eigenvalue weighted by molar-refractivity contribution is -0.0518. The molecular formula is C21H39FN2O6Si2. The van der Waals surface area contributed by atoms with Crippen molar-refractivity contribution in [2.45, 2.75) is 102 Å². The van der Waals surface area contributed by atoms with Crippen LogP contribution in [0.25, 0.3) is 0 Å². The zero-order chi connectivity index (χ0) is 24.9. The van der Waals surface area contributed by atoms with Gasteiger partial charge in [0.2, 0.25) is 5.82 Å². The maximum absolute atomic E-state index is 14.0. The number of aliphatic hydroxyl groups is 1. The first-order valence-corrected chi connectivity index (χ1v) is 16.8. The second kappa shape index (κ2) is 8.91. The first-order valence-electron chi connectivity index (χ1n) is 10.9. The number of nitrogens with one attached hydrogen (secondary N) is 1. The lowest BCUT2D eigenvalue weighted by atomic mass is 10.1. The Kier molecular flexibility index (Phi) is 7.56. The first-order chi connectivity index (χ1) is 14.3. The lowest BCUT2D eigenvalue weighted by Crippen LogP contribution is -2.50. The van der Waals surface area contributed by atoms with Gasteiger partial charge in [0.05, 0.1) is 12.8 Å². The van der Waals surface area contributed by atoms with Crippen molar-refractivity contribution in [1.29, 1.82) is 0 Å². The van der Waals surface area contributed by atoms with E-state index in [1.807, 2.05) is 18.1 Å². The summed E-state index contributed by atoms with van der Waals surface area (Å²) in [5, 5.41) is 10.9. The number of halogens is 1. The fraction of sp³-hybridized carbons (Fsp3) is 0.810. The highest BCUT2D eigenvalue weighted by atomic mass is 28.4. The SMILES string of the molecule is CC(C)(C)[Si](C)(C)OC[C@H]1O[C@@H](n2cc(F)c(=O)[nH]c2=O)[C@H](O[Si](C)(C)C(C)(C)C)[C@@H]1O. The molecule has 184 valence electrons. The first kappa shape index (κ1) is 27.1. The molecule has 1 aliphatic heterocycles. The Labute approximate surface area is 191 Å². The van der Waals surface area contributed by atoms with Gasteiger partial charge >= 0.3 is 5.69 Å². The second-order valence-corrected chi connectivity index (χ2v) is 21.2. The van der Waals surface area contributed by atoms with Gasteiger partial charge in [-0.05, 0) is 36.3 Å². The Hall–Kier alpha value is -1.12.